The molecule has 186 valence electrons. The van der Waals surface area contributed by atoms with Crippen molar-refractivity contribution in [2.45, 2.75) is 45.8 Å². The van der Waals surface area contributed by atoms with E-state index in [1.54, 1.807) is 12.3 Å². The Labute approximate surface area is 209 Å². The van der Waals surface area contributed by atoms with Gasteiger partial charge in [0, 0.05) is 49.1 Å². The number of aromatic nitrogens is 3. The maximum absolute atomic E-state index is 14.6. The molecule has 0 saturated carbocycles. The first-order valence-corrected chi connectivity index (χ1v) is 12.6. The number of dihydropyridines is 1. The van der Waals surface area contributed by atoms with Crippen LogP contribution in [0.4, 0.5) is 4.39 Å². The van der Waals surface area contributed by atoms with E-state index in [1.165, 1.54) is 18.9 Å². The average Bonchev–Trinajstić information content (AvgIpc) is 3.55. The Bertz CT molecular complexity index is 1190. The summed E-state index contributed by atoms with van der Waals surface area (Å²) in [6.07, 6.45) is 4.66. The van der Waals surface area contributed by atoms with Crippen molar-refractivity contribution >= 4 is 23.6 Å². The molecule has 1 atom stereocenters. The first kappa shape index (κ1) is 23.9. The first-order valence-electron chi connectivity index (χ1n) is 12.2. The summed E-state index contributed by atoms with van der Waals surface area (Å²) >= 11 is 6.21. The molecule has 2 aromatic heterocycles. The standard InChI is InChI=1S/C25H30ClFN6O2/c1-16-24(17(2)33(30-16)10-9-31-6-3-4-7-31)18-11-22(27)29-23(12-18)35-19-5-8-32(15-19)20-13-28-14-21(34)25(20)26/h11-13,19H,3-10,14-15H2,1-2H3/t19-/m1/s1. The number of aryl methyl sites for hydroxylation is 1. The predicted molar refractivity (Wildman–Crippen MR) is 132 cm³/mol. The van der Waals surface area contributed by atoms with Crippen LogP contribution in [-0.2, 0) is 11.3 Å². The molecule has 2 aromatic rings. The fourth-order valence-corrected chi connectivity index (χ4v) is 5.40. The van der Waals surface area contributed by atoms with Gasteiger partial charge in [-0.1, -0.05) is 11.6 Å². The molecule has 2 fully saturated rings. The zero-order chi connectivity index (χ0) is 24.5. The summed E-state index contributed by atoms with van der Waals surface area (Å²) in [6, 6.07) is 3.22. The molecule has 0 spiro atoms. The lowest BCUT2D eigenvalue weighted by molar-refractivity contribution is -0.113. The molecule has 0 unspecified atom stereocenters. The normalized spacial score (nSPS) is 21.0. The molecule has 5 rings (SSSR count). The number of allylic oxidation sites excluding steroid dienone is 1. The third-order valence-corrected chi connectivity index (χ3v) is 7.36. The smallest absolute Gasteiger partial charge is 0.216 e. The minimum atomic E-state index is -0.591. The van der Waals surface area contributed by atoms with Crippen LogP contribution < -0.4 is 4.74 Å². The van der Waals surface area contributed by atoms with Crippen molar-refractivity contribution in [1.82, 2.24) is 24.6 Å². The van der Waals surface area contributed by atoms with E-state index >= 15 is 0 Å². The molecule has 0 aromatic carbocycles. The number of likely N-dealkylation sites (tertiary alicyclic amines) is 2. The minimum absolute atomic E-state index is 0.0831. The van der Waals surface area contributed by atoms with Crippen LogP contribution in [0.5, 0.6) is 5.88 Å². The molecule has 0 radical (unpaired) electrons. The quantitative estimate of drug-likeness (QED) is 0.543. The van der Waals surface area contributed by atoms with E-state index in [0.29, 0.717) is 30.8 Å². The van der Waals surface area contributed by atoms with E-state index < -0.39 is 5.95 Å². The molecule has 0 amide bonds. The van der Waals surface area contributed by atoms with Crippen molar-refractivity contribution in [2.75, 3.05) is 39.3 Å². The van der Waals surface area contributed by atoms with Crippen LogP contribution in [0.1, 0.15) is 30.7 Å². The number of ether oxygens (including phenoxy) is 1. The number of carbonyl (C=O) groups is 1. The fraction of sp³-hybridized carbons (Fsp3) is 0.520. The topological polar surface area (TPSA) is 75.9 Å². The number of aliphatic imine (C=N–C) groups is 1. The Morgan fingerprint density at radius 3 is 2.77 bits per heavy atom. The summed E-state index contributed by atoms with van der Waals surface area (Å²) < 4.78 is 22.7. The van der Waals surface area contributed by atoms with Gasteiger partial charge < -0.3 is 14.5 Å². The van der Waals surface area contributed by atoms with E-state index in [1.807, 2.05) is 23.4 Å². The third-order valence-electron chi connectivity index (χ3n) is 6.96. The summed E-state index contributed by atoms with van der Waals surface area (Å²) in [4.78, 5) is 24.4. The summed E-state index contributed by atoms with van der Waals surface area (Å²) in [7, 11) is 0. The second kappa shape index (κ2) is 10.1. The largest absolute Gasteiger partial charge is 0.472 e. The van der Waals surface area contributed by atoms with Crippen LogP contribution in [0.3, 0.4) is 0 Å². The van der Waals surface area contributed by atoms with Gasteiger partial charge in [-0.15, -0.1) is 0 Å². The van der Waals surface area contributed by atoms with Gasteiger partial charge >= 0.3 is 0 Å². The molecular formula is C25H30ClFN6O2. The third kappa shape index (κ3) is 5.11. The summed E-state index contributed by atoms with van der Waals surface area (Å²) in [5.74, 6) is -0.535. The SMILES string of the molecule is Cc1nn(CCN2CCCC2)c(C)c1-c1cc(F)nc(O[C@@H]2CCN(C3=C(Cl)C(=O)CN=C3)C2)c1. The van der Waals surface area contributed by atoms with Gasteiger partial charge in [-0.2, -0.15) is 14.5 Å². The van der Waals surface area contributed by atoms with E-state index in [4.69, 9.17) is 21.4 Å². The van der Waals surface area contributed by atoms with Crippen LogP contribution in [0.2, 0.25) is 0 Å². The van der Waals surface area contributed by atoms with Crippen molar-refractivity contribution in [3.8, 4) is 17.0 Å². The Morgan fingerprint density at radius 1 is 1.17 bits per heavy atom. The number of hydrogen-bond donors (Lipinski definition) is 0. The van der Waals surface area contributed by atoms with Crippen molar-refractivity contribution < 1.29 is 13.9 Å². The van der Waals surface area contributed by atoms with Crippen LogP contribution in [-0.4, -0.2) is 81.9 Å². The van der Waals surface area contributed by atoms with Crippen molar-refractivity contribution in [2.24, 2.45) is 4.99 Å². The van der Waals surface area contributed by atoms with Gasteiger partial charge in [0.15, 0.2) is 5.78 Å². The molecular weight excluding hydrogens is 471 g/mol. The highest BCUT2D eigenvalue weighted by Crippen LogP contribution is 2.31. The van der Waals surface area contributed by atoms with Gasteiger partial charge in [0.2, 0.25) is 11.8 Å². The van der Waals surface area contributed by atoms with E-state index in [0.717, 1.165) is 43.1 Å². The van der Waals surface area contributed by atoms with Crippen molar-refractivity contribution in [3.63, 3.8) is 0 Å². The number of carbonyl (C=O) groups excluding carboxylic acids is 1. The summed E-state index contributed by atoms with van der Waals surface area (Å²) in [5.41, 5.74) is 4.11. The van der Waals surface area contributed by atoms with Gasteiger partial charge in [0.05, 0.1) is 24.5 Å². The predicted octanol–water partition coefficient (Wildman–Crippen LogP) is 3.35. The molecule has 3 aliphatic heterocycles. The Balaban J connectivity index is 1.30. The summed E-state index contributed by atoms with van der Waals surface area (Å²) in [5, 5.41) is 4.94. The number of Topliss-reactive ketones (excluding diaryl/α,β-unsaturated/α-hetero) is 1. The van der Waals surface area contributed by atoms with E-state index in [9.17, 15) is 9.18 Å². The molecule has 0 aliphatic carbocycles. The van der Waals surface area contributed by atoms with Gasteiger partial charge in [0.1, 0.15) is 17.7 Å². The monoisotopic (exact) mass is 500 g/mol. The highest BCUT2D eigenvalue weighted by Gasteiger charge is 2.29. The van der Waals surface area contributed by atoms with Gasteiger partial charge in [-0.25, -0.2) is 0 Å². The van der Waals surface area contributed by atoms with Gasteiger partial charge in [-0.3, -0.25) is 14.5 Å². The lowest BCUT2D eigenvalue weighted by Crippen LogP contribution is -2.28. The van der Waals surface area contributed by atoms with E-state index in [-0.39, 0.29) is 29.3 Å². The number of nitrogens with zero attached hydrogens (tertiary/aromatic N) is 6. The van der Waals surface area contributed by atoms with Crippen molar-refractivity contribution in [1.29, 1.82) is 0 Å². The first-order chi connectivity index (χ1) is 16.9. The highest BCUT2D eigenvalue weighted by molar-refractivity contribution is 6.44. The number of rotatable bonds is 7. The maximum atomic E-state index is 14.6. The van der Waals surface area contributed by atoms with Gasteiger partial charge in [0.25, 0.3) is 0 Å². The van der Waals surface area contributed by atoms with Crippen molar-refractivity contribution in [3.05, 3.63) is 40.2 Å². The molecule has 2 saturated heterocycles. The van der Waals surface area contributed by atoms with Crippen LogP contribution >= 0.6 is 11.6 Å². The van der Waals surface area contributed by atoms with Gasteiger partial charge in [-0.05, 0) is 45.3 Å². The summed E-state index contributed by atoms with van der Waals surface area (Å²) in [6.45, 7) is 9.32. The van der Waals surface area contributed by atoms with Crippen LogP contribution in [0.25, 0.3) is 11.1 Å². The zero-order valence-electron chi connectivity index (χ0n) is 20.1. The lowest BCUT2D eigenvalue weighted by Gasteiger charge is -2.22. The Morgan fingerprint density at radius 2 is 1.97 bits per heavy atom. The Hall–Kier alpha value is -2.78. The molecule has 3 aliphatic rings. The molecule has 5 heterocycles. The molecule has 35 heavy (non-hydrogen) atoms. The fourth-order valence-electron chi connectivity index (χ4n) is 5.17. The minimum Gasteiger partial charge on any atom is -0.472 e. The lowest BCUT2D eigenvalue weighted by atomic mass is 10.1. The Kier molecular flexibility index (Phi) is 6.88. The molecule has 0 N–H and O–H groups in total. The molecule has 8 nitrogen and oxygen atoms in total. The van der Waals surface area contributed by atoms with Crippen LogP contribution in [0.15, 0.2) is 27.9 Å². The number of pyridine rings is 1. The maximum Gasteiger partial charge on any atom is 0.216 e. The second-order valence-corrected chi connectivity index (χ2v) is 9.78. The second-order valence-electron chi connectivity index (χ2n) is 9.40. The zero-order valence-corrected chi connectivity index (χ0v) is 20.9. The molecule has 10 heteroatoms. The van der Waals surface area contributed by atoms with E-state index in [2.05, 4.69) is 14.9 Å². The number of halogens is 2. The molecule has 0 bridgehead atoms. The number of hydrogen-bond acceptors (Lipinski definition) is 7. The average molecular weight is 501 g/mol. The van der Waals surface area contributed by atoms with Crippen LogP contribution in [0, 0.1) is 19.8 Å². The highest BCUT2D eigenvalue weighted by atomic mass is 35.5. The number of ketones is 1.